The van der Waals surface area contributed by atoms with Gasteiger partial charge in [-0.3, -0.25) is 9.48 Å². The Kier molecular flexibility index (Phi) is 6.70. The predicted molar refractivity (Wildman–Crippen MR) is 127 cm³/mol. The Bertz CT molecular complexity index is 1340. The SMILES string of the molecule is Cc1cccc(OCc2c(C(=O)Nc3cc(C)n(Cc4c(F)cccc4Cl)n3)noc2C)c1C. The number of aromatic nitrogens is 3. The van der Waals surface area contributed by atoms with Crippen molar-refractivity contribution in [1.29, 1.82) is 0 Å². The number of carbonyl (C=O) groups excluding carboxylic acids is 1. The van der Waals surface area contributed by atoms with Gasteiger partial charge in [0.25, 0.3) is 5.91 Å². The smallest absolute Gasteiger partial charge is 0.279 e. The maximum atomic E-state index is 14.2. The molecular formula is C25H24ClFN4O3. The first-order valence-corrected chi connectivity index (χ1v) is 11.0. The van der Waals surface area contributed by atoms with Gasteiger partial charge >= 0.3 is 0 Å². The van der Waals surface area contributed by atoms with Crippen LogP contribution in [0, 0.1) is 33.5 Å². The third-order valence-electron chi connectivity index (χ3n) is 5.72. The van der Waals surface area contributed by atoms with Crippen LogP contribution in [0.2, 0.25) is 5.02 Å². The third kappa shape index (κ3) is 4.82. The summed E-state index contributed by atoms with van der Waals surface area (Å²) >= 11 is 6.13. The van der Waals surface area contributed by atoms with Crippen LogP contribution in [0.4, 0.5) is 10.2 Å². The van der Waals surface area contributed by atoms with Crippen molar-refractivity contribution in [3.8, 4) is 5.75 Å². The molecule has 0 bridgehead atoms. The van der Waals surface area contributed by atoms with Crippen LogP contribution in [0.15, 0.2) is 47.0 Å². The fourth-order valence-corrected chi connectivity index (χ4v) is 3.73. The van der Waals surface area contributed by atoms with Crippen LogP contribution in [-0.4, -0.2) is 20.8 Å². The molecule has 1 N–H and O–H groups in total. The molecule has 0 aliphatic rings. The lowest BCUT2D eigenvalue weighted by atomic mass is 10.1. The second kappa shape index (κ2) is 9.69. The highest BCUT2D eigenvalue weighted by atomic mass is 35.5. The summed E-state index contributed by atoms with van der Waals surface area (Å²) in [5.74, 6) is 0.626. The number of carbonyl (C=O) groups is 1. The van der Waals surface area contributed by atoms with E-state index in [1.54, 1.807) is 36.7 Å². The van der Waals surface area contributed by atoms with Gasteiger partial charge in [-0.1, -0.05) is 35.0 Å². The lowest BCUT2D eigenvalue weighted by Crippen LogP contribution is -2.16. The zero-order valence-corrected chi connectivity index (χ0v) is 20.0. The molecule has 2 aromatic heterocycles. The maximum Gasteiger partial charge on any atom is 0.279 e. The molecule has 2 heterocycles. The molecule has 0 atom stereocenters. The van der Waals surface area contributed by atoms with E-state index in [0.29, 0.717) is 27.7 Å². The summed E-state index contributed by atoms with van der Waals surface area (Å²) < 4.78 is 26.9. The summed E-state index contributed by atoms with van der Waals surface area (Å²) in [5.41, 5.74) is 3.86. The first kappa shape index (κ1) is 23.5. The monoisotopic (exact) mass is 482 g/mol. The van der Waals surface area contributed by atoms with E-state index in [0.717, 1.165) is 22.6 Å². The van der Waals surface area contributed by atoms with E-state index < -0.39 is 11.7 Å². The average Bonchev–Trinajstić information content (AvgIpc) is 3.33. The van der Waals surface area contributed by atoms with Crippen LogP contribution in [0.5, 0.6) is 5.75 Å². The molecular weight excluding hydrogens is 459 g/mol. The highest BCUT2D eigenvalue weighted by molar-refractivity contribution is 6.31. The van der Waals surface area contributed by atoms with Crippen molar-refractivity contribution in [3.05, 3.63) is 92.7 Å². The van der Waals surface area contributed by atoms with Gasteiger partial charge in [-0.25, -0.2) is 4.39 Å². The lowest BCUT2D eigenvalue weighted by Gasteiger charge is -2.11. The number of anilines is 1. The summed E-state index contributed by atoms with van der Waals surface area (Å²) in [6, 6.07) is 12.0. The van der Waals surface area contributed by atoms with Crippen LogP contribution in [0.3, 0.4) is 0 Å². The average molecular weight is 483 g/mol. The van der Waals surface area contributed by atoms with Gasteiger partial charge < -0.3 is 14.6 Å². The van der Waals surface area contributed by atoms with E-state index >= 15 is 0 Å². The normalized spacial score (nSPS) is 11.0. The van der Waals surface area contributed by atoms with Crippen molar-refractivity contribution in [2.45, 2.75) is 40.8 Å². The minimum Gasteiger partial charge on any atom is -0.488 e. The first-order chi connectivity index (χ1) is 16.2. The van der Waals surface area contributed by atoms with Gasteiger partial charge in [-0.2, -0.15) is 5.10 Å². The zero-order valence-electron chi connectivity index (χ0n) is 19.3. The second-order valence-corrected chi connectivity index (χ2v) is 8.44. The summed E-state index contributed by atoms with van der Waals surface area (Å²) in [7, 11) is 0. The van der Waals surface area contributed by atoms with E-state index in [1.165, 1.54) is 6.07 Å². The molecule has 0 radical (unpaired) electrons. The van der Waals surface area contributed by atoms with Crippen molar-refractivity contribution in [2.24, 2.45) is 0 Å². The zero-order chi connectivity index (χ0) is 24.4. The molecule has 4 rings (SSSR count). The highest BCUT2D eigenvalue weighted by Crippen LogP contribution is 2.24. The Labute approximate surface area is 201 Å². The quantitative estimate of drug-likeness (QED) is 0.361. The van der Waals surface area contributed by atoms with Crippen molar-refractivity contribution in [1.82, 2.24) is 14.9 Å². The number of hydrogen-bond donors (Lipinski definition) is 1. The molecule has 7 nitrogen and oxygen atoms in total. The number of benzene rings is 2. The third-order valence-corrected chi connectivity index (χ3v) is 6.07. The molecule has 2 aromatic carbocycles. The van der Waals surface area contributed by atoms with Gasteiger partial charge in [0.05, 0.1) is 12.1 Å². The van der Waals surface area contributed by atoms with Crippen molar-refractivity contribution >= 4 is 23.3 Å². The van der Waals surface area contributed by atoms with Crippen LogP contribution in [0.25, 0.3) is 0 Å². The van der Waals surface area contributed by atoms with Gasteiger partial charge in [0.2, 0.25) is 0 Å². The van der Waals surface area contributed by atoms with Crippen molar-refractivity contribution < 1.29 is 18.4 Å². The number of nitrogens with one attached hydrogen (secondary N) is 1. The topological polar surface area (TPSA) is 82.2 Å². The number of ether oxygens (including phenoxy) is 1. The maximum absolute atomic E-state index is 14.2. The molecule has 0 saturated heterocycles. The summed E-state index contributed by atoms with van der Waals surface area (Å²) in [6.07, 6.45) is 0. The standard InChI is InChI=1S/C25H24ClFN4O3/c1-14-7-5-10-22(16(14)3)33-13-19-17(4)34-30-24(19)25(32)28-23-11-15(2)31(29-23)12-18-20(26)8-6-9-21(18)27/h5-11H,12-13H2,1-4H3,(H,28,29,32). The first-order valence-electron chi connectivity index (χ1n) is 10.7. The summed E-state index contributed by atoms with van der Waals surface area (Å²) in [6.45, 7) is 7.77. The predicted octanol–water partition coefficient (Wildman–Crippen LogP) is 5.78. The van der Waals surface area contributed by atoms with Gasteiger partial charge in [0.1, 0.15) is 23.9 Å². The Balaban J connectivity index is 1.50. The van der Waals surface area contributed by atoms with Gasteiger partial charge in [-0.15, -0.1) is 0 Å². The number of rotatable bonds is 7. The summed E-state index contributed by atoms with van der Waals surface area (Å²) in [5, 5.41) is 11.3. The van der Waals surface area contributed by atoms with Crippen molar-refractivity contribution in [3.63, 3.8) is 0 Å². The number of hydrogen-bond acceptors (Lipinski definition) is 5. The van der Waals surface area contributed by atoms with E-state index in [-0.39, 0.29) is 18.8 Å². The summed E-state index contributed by atoms with van der Waals surface area (Å²) in [4.78, 5) is 12.9. The molecule has 1 amide bonds. The van der Waals surface area contributed by atoms with Crippen molar-refractivity contribution in [2.75, 3.05) is 5.32 Å². The molecule has 9 heteroatoms. The molecule has 4 aromatic rings. The minimum absolute atomic E-state index is 0.118. The van der Waals surface area contributed by atoms with E-state index in [1.807, 2.05) is 32.0 Å². The molecule has 0 unspecified atom stereocenters. The number of amides is 1. The van der Waals surface area contributed by atoms with Gasteiger partial charge in [0.15, 0.2) is 11.5 Å². The number of nitrogens with zero attached hydrogens (tertiary/aromatic N) is 3. The van der Waals surface area contributed by atoms with E-state index in [4.69, 9.17) is 20.9 Å². The number of halogens is 2. The second-order valence-electron chi connectivity index (χ2n) is 8.04. The van der Waals surface area contributed by atoms with Crippen LogP contribution in [-0.2, 0) is 13.2 Å². The molecule has 0 aliphatic carbocycles. The molecule has 0 aliphatic heterocycles. The molecule has 0 spiro atoms. The Hall–Kier alpha value is -3.65. The van der Waals surface area contributed by atoms with Crippen LogP contribution in [0.1, 0.15) is 44.2 Å². The Morgan fingerprint density at radius 3 is 2.68 bits per heavy atom. The van der Waals surface area contributed by atoms with Crippen LogP contribution < -0.4 is 10.1 Å². The van der Waals surface area contributed by atoms with Gasteiger partial charge in [0, 0.05) is 22.3 Å². The fourth-order valence-electron chi connectivity index (χ4n) is 3.51. The highest BCUT2D eigenvalue weighted by Gasteiger charge is 2.22. The van der Waals surface area contributed by atoms with E-state index in [2.05, 4.69) is 15.6 Å². The molecule has 34 heavy (non-hydrogen) atoms. The molecule has 176 valence electrons. The molecule has 0 saturated carbocycles. The fraction of sp³-hybridized carbons (Fsp3) is 0.240. The van der Waals surface area contributed by atoms with E-state index in [9.17, 15) is 9.18 Å². The molecule has 0 fully saturated rings. The minimum atomic E-state index is -0.481. The van der Waals surface area contributed by atoms with Crippen LogP contribution >= 0.6 is 11.6 Å². The largest absolute Gasteiger partial charge is 0.488 e. The Morgan fingerprint density at radius 1 is 1.15 bits per heavy atom. The lowest BCUT2D eigenvalue weighted by molar-refractivity contribution is 0.101. The Morgan fingerprint density at radius 2 is 1.91 bits per heavy atom. The van der Waals surface area contributed by atoms with Gasteiger partial charge in [-0.05, 0) is 57.0 Å². The number of aryl methyl sites for hydroxylation is 3.